The molecule has 0 fully saturated rings. The third-order valence-electron chi connectivity index (χ3n) is 3.13. The topological polar surface area (TPSA) is 59.6 Å². The molecule has 1 rings (SSSR count). The van der Waals surface area contributed by atoms with Gasteiger partial charge >= 0.3 is 0 Å². The Balaban J connectivity index is 2.53. The predicted octanol–water partition coefficient (Wildman–Crippen LogP) is 2.43. The van der Waals surface area contributed by atoms with Gasteiger partial charge in [0.15, 0.2) is 0 Å². The van der Waals surface area contributed by atoms with Crippen molar-refractivity contribution in [3.05, 3.63) is 24.3 Å². The first kappa shape index (κ1) is 17.3. The molecule has 0 heterocycles. The molecule has 5 heteroatoms. The number of rotatable bonds is 9. The molecule has 21 heavy (non-hydrogen) atoms. The zero-order valence-electron chi connectivity index (χ0n) is 13.3. The van der Waals surface area contributed by atoms with Crippen molar-refractivity contribution >= 4 is 11.6 Å². The van der Waals surface area contributed by atoms with Crippen LogP contribution < -0.4 is 15.4 Å². The summed E-state index contributed by atoms with van der Waals surface area (Å²) in [6, 6.07) is 7.34. The highest BCUT2D eigenvalue weighted by Crippen LogP contribution is 2.19. The van der Waals surface area contributed by atoms with Crippen molar-refractivity contribution in [2.24, 2.45) is 0 Å². The molecule has 2 atom stereocenters. The van der Waals surface area contributed by atoms with E-state index in [4.69, 9.17) is 9.47 Å². The molecule has 0 spiro atoms. The second-order valence-electron chi connectivity index (χ2n) is 5.01. The van der Waals surface area contributed by atoms with Crippen molar-refractivity contribution in [3.8, 4) is 5.75 Å². The van der Waals surface area contributed by atoms with Crippen molar-refractivity contribution in [2.75, 3.05) is 25.6 Å². The SMILES string of the molecule is CCC(C)Oc1cccc(NC(C)C(=O)NCCOC)c1. The van der Waals surface area contributed by atoms with Gasteiger partial charge in [0.25, 0.3) is 0 Å². The van der Waals surface area contributed by atoms with Crippen LogP contribution in [-0.2, 0) is 9.53 Å². The van der Waals surface area contributed by atoms with Gasteiger partial charge in [-0.1, -0.05) is 13.0 Å². The Morgan fingerprint density at radius 3 is 2.76 bits per heavy atom. The summed E-state index contributed by atoms with van der Waals surface area (Å²) < 4.78 is 10.7. The maximum absolute atomic E-state index is 11.9. The van der Waals surface area contributed by atoms with Gasteiger partial charge in [-0.2, -0.15) is 0 Å². The minimum absolute atomic E-state index is 0.0553. The lowest BCUT2D eigenvalue weighted by Gasteiger charge is -2.17. The molecule has 2 unspecified atom stereocenters. The van der Waals surface area contributed by atoms with Gasteiger partial charge in [0.1, 0.15) is 11.8 Å². The van der Waals surface area contributed by atoms with Gasteiger partial charge in [-0.15, -0.1) is 0 Å². The number of carbonyl (C=O) groups excluding carboxylic acids is 1. The number of anilines is 1. The Morgan fingerprint density at radius 1 is 1.33 bits per heavy atom. The summed E-state index contributed by atoms with van der Waals surface area (Å²) >= 11 is 0. The molecule has 1 aromatic rings. The Labute approximate surface area is 127 Å². The molecule has 1 amide bonds. The summed E-state index contributed by atoms with van der Waals surface area (Å²) in [5.41, 5.74) is 0.866. The summed E-state index contributed by atoms with van der Waals surface area (Å²) in [6.07, 6.45) is 1.13. The lowest BCUT2D eigenvalue weighted by molar-refractivity contribution is -0.121. The normalized spacial score (nSPS) is 13.3. The molecule has 0 bridgehead atoms. The second kappa shape index (κ2) is 9.23. The molecular formula is C16H26N2O3. The maximum Gasteiger partial charge on any atom is 0.242 e. The molecule has 0 saturated carbocycles. The number of hydrogen-bond acceptors (Lipinski definition) is 4. The molecule has 118 valence electrons. The van der Waals surface area contributed by atoms with Gasteiger partial charge in [-0.3, -0.25) is 4.79 Å². The number of carbonyl (C=O) groups is 1. The van der Waals surface area contributed by atoms with Gasteiger partial charge in [0, 0.05) is 25.4 Å². The average Bonchev–Trinajstić information content (AvgIpc) is 2.47. The van der Waals surface area contributed by atoms with Crippen LogP contribution in [0.4, 0.5) is 5.69 Å². The van der Waals surface area contributed by atoms with Crippen molar-refractivity contribution < 1.29 is 14.3 Å². The first-order chi connectivity index (χ1) is 10.1. The van der Waals surface area contributed by atoms with E-state index in [0.29, 0.717) is 13.2 Å². The van der Waals surface area contributed by atoms with E-state index >= 15 is 0 Å². The number of methoxy groups -OCH3 is 1. The minimum atomic E-state index is -0.319. The monoisotopic (exact) mass is 294 g/mol. The maximum atomic E-state index is 11.9. The molecule has 0 aliphatic rings. The van der Waals surface area contributed by atoms with E-state index < -0.39 is 0 Å². The molecule has 0 radical (unpaired) electrons. The van der Waals surface area contributed by atoms with Crippen LogP contribution in [0.2, 0.25) is 0 Å². The summed E-state index contributed by atoms with van der Waals surface area (Å²) in [4.78, 5) is 11.9. The quantitative estimate of drug-likeness (QED) is 0.687. The molecule has 0 aromatic heterocycles. The van der Waals surface area contributed by atoms with E-state index in [2.05, 4.69) is 17.6 Å². The van der Waals surface area contributed by atoms with Crippen LogP contribution in [0.5, 0.6) is 5.75 Å². The lowest BCUT2D eigenvalue weighted by atomic mass is 10.2. The molecule has 5 nitrogen and oxygen atoms in total. The van der Waals surface area contributed by atoms with Gasteiger partial charge in [0.2, 0.25) is 5.91 Å². The van der Waals surface area contributed by atoms with Crippen molar-refractivity contribution in [1.29, 1.82) is 0 Å². The molecule has 0 aliphatic carbocycles. The number of amides is 1. The average molecular weight is 294 g/mol. The first-order valence-electron chi connectivity index (χ1n) is 7.36. The Hall–Kier alpha value is -1.75. The molecular weight excluding hydrogens is 268 g/mol. The largest absolute Gasteiger partial charge is 0.491 e. The smallest absolute Gasteiger partial charge is 0.242 e. The van der Waals surface area contributed by atoms with Crippen LogP contribution in [0.15, 0.2) is 24.3 Å². The Kier molecular flexibility index (Phi) is 7.61. The third kappa shape index (κ3) is 6.49. The summed E-state index contributed by atoms with van der Waals surface area (Å²) in [5, 5.41) is 5.97. The Bertz CT molecular complexity index is 437. The predicted molar refractivity (Wildman–Crippen MR) is 84.8 cm³/mol. The van der Waals surface area contributed by atoms with Gasteiger partial charge in [0.05, 0.1) is 12.7 Å². The Morgan fingerprint density at radius 2 is 2.10 bits per heavy atom. The standard InChI is InChI=1S/C16H26N2O3/c1-5-12(2)21-15-8-6-7-14(11-15)18-13(3)16(19)17-9-10-20-4/h6-8,11-13,18H,5,9-10H2,1-4H3,(H,17,19). The van der Waals surface area contributed by atoms with Crippen molar-refractivity contribution in [3.63, 3.8) is 0 Å². The van der Waals surface area contributed by atoms with Gasteiger partial charge in [-0.25, -0.2) is 0 Å². The van der Waals surface area contributed by atoms with E-state index in [1.54, 1.807) is 7.11 Å². The van der Waals surface area contributed by atoms with Crippen LogP contribution in [-0.4, -0.2) is 38.3 Å². The molecule has 0 aliphatic heterocycles. The highest BCUT2D eigenvalue weighted by molar-refractivity contribution is 5.84. The van der Waals surface area contributed by atoms with E-state index in [0.717, 1.165) is 17.9 Å². The number of ether oxygens (including phenoxy) is 2. The van der Waals surface area contributed by atoms with E-state index in [-0.39, 0.29) is 18.1 Å². The van der Waals surface area contributed by atoms with E-state index in [1.165, 1.54) is 0 Å². The lowest BCUT2D eigenvalue weighted by Crippen LogP contribution is -2.39. The van der Waals surface area contributed by atoms with Crippen molar-refractivity contribution in [1.82, 2.24) is 5.32 Å². The van der Waals surface area contributed by atoms with Gasteiger partial charge in [-0.05, 0) is 32.4 Å². The fourth-order valence-corrected chi connectivity index (χ4v) is 1.72. The third-order valence-corrected chi connectivity index (χ3v) is 3.13. The van der Waals surface area contributed by atoms with E-state index in [9.17, 15) is 4.79 Å². The highest BCUT2D eigenvalue weighted by atomic mass is 16.5. The number of nitrogens with one attached hydrogen (secondary N) is 2. The van der Waals surface area contributed by atoms with Crippen molar-refractivity contribution in [2.45, 2.75) is 39.3 Å². The number of benzene rings is 1. The molecule has 0 saturated heterocycles. The first-order valence-corrected chi connectivity index (χ1v) is 7.36. The van der Waals surface area contributed by atoms with Crippen LogP contribution in [0.25, 0.3) is 0 Å². The minimum Gasteiger partial charge on any atom is -0.491 e. The zero-order chi connectivity index (χ0) is 15.7. The van der Waals surface area contributed by atoms with Crippen LogP contribution in [0, 0.1) is 0 Å². The zero-order valence-corrected chi connectivity index (χ0v) is 13.3. The van der Waals surface area contributed by atoms with Crippen LogP contribution >= 0.6 is 0 Å². The fourth-order valence-electron chi connectivity index (χ4n) is 1.72. The fraction of sp³-hybridized carbons (Fsp3) is 0.562. The highest BCUT2D eigenvalue weighted by Gasteiger charge is 2.12. The van der Waals surface area contributed by atoms with Crippen LogP contribution in [0.1, 0.15) is 27.2 Å². The molecule has 2 N–H and O–H groups in total. The van der Waals surface area contributed by atoms with Crippen LogP contribution in [0.3, 0.4) is 0 Å². The van der Waals surface area contributed by atoms with Gasteiger partial charge < -0.3 is 20.1 Å². The molecule has 1 aromatic carbocycles. The summed E-state index contributed by atoms with van der Waals surface area (Å²) in [6.45, 7) is 6.96. The number of hydrogen-bond donors (Lipinski definition) is 2. The van der Waals surface area contributed by atoms with E-state index in [1.807, 2.05) is 38.1 Å². The summed E-state index contributed by atoms with van der Waals surface area (Å²) in [5.74, 6) is 0.752. The second-order valence-corrected chi connectivity index (χ2v) is 5.01. The summed E-state index contributed by atoms with van der Waals surface area (Å²) in [7, 11) is 1.61.